The van der Waals surface area contributed by atoms with Crippen molar-refractivity contribution in [1.82, 2.24) is 72.3 Å². The largest absolute Gasteiger partial charge is 0.472 e. The summed E-state index contributed by atoms with van der Waals surface area (Å²) in [5.74, 6) is -0.356. The summed E-state index contributed by atoms with van der Waals surface area (Å²) >= 11 is 21.5. The van der Waals surface area contributed by atoms with E-state index in [4.69, 9.17) is 170 Å². The second kappa shape index (κ2) is 46.2. The van der Waals surface area contributed by atoms with Crippen LogP contribution in [-0.4, -0.2) is 309 Å². The van der Waals surface area contributed by atoms with Crippen LogP contribution in [0.25, 0.3) is 22.3 Å². The first-order chi connectivity index (χ1) is 66.0. The fourth-order valence-electron chi connectivity index (χ4n) is 16.0. The Labute approximate surface area is 808 Å². The number of nitrogens with zero attached hydrogens (tertiary/aromatic N) is 13. The van der Waals surface area contributed by atoms with Gasteiger partial charge in [-0.05, 0) is 75.6 Å². The number of fused-ring (bicyclic) bond motifs is 2. The quantitative estimate of drug-likeness (QED) is 0.0139. The summed E-state index contributed by atoms with van der Waals surface area (Å²) in [6.45, 7) is -17.1. The number of H-pyrrole nitrogens is 2. The van der Waals surface area contributed by atoms with Gasteiger partial charge in [0.15, 0.2) is 42.0 Å². The van der Waals surface area contributed by atoms with E-state index in [1.807, 2.05) is 0 Å². The Bertz CT molecular complexity index is 6310. The number of phosphoric ester groups is 1. The van der Waals surface area contributed by atoms with E-state index in [1.165, 1.54) is 88.9 Å². The first-order valence-electron chi connectivity index (χ1n) is 42.7. The van der Waals surface area contributed by atoms with Gasteiger partial charge in [0.1, 0.15) is 127 Å². The van der Waals surface area contributed by atoms with Gasteiger partial charge < -0.3 is 132 Å². The summed E-state index contributed by atoms with van der Waals surface area (Å²) in [5, 5.41) is 11.9. The van der Waals surface area contributed by atoms with Gasteiger partial charge in [-0.25, -0.2) is 53.2 Å². The lowest BCUT2D eigenvalue weighted by Crippen LogP contribution is -2.41. The highest BCUT2D eigenvalue weighted by atomic mass is 32.7. The Kier molecular flexibility index (Phi) is 35.9. The van der Waals surface area contributed by atoms with Crippen molar-refractivity contribution in [2.75, 3.05) is 137 Å². The highest BCUT2D eigenvalue weighted by molar-refractivity contribution is 8.44. The predicted molar refractivity (Wildman–Crippen MR) is 495 cm³/mol. The molecule has 9 unspecified atom stereocenters. The second-order valence-electron chi connectivity index (χ2n) is 32.3. The van der Waals surface area contributed by atoms with Crippen LogP contribution in [-0.2, 0) is 156 Å². The van der Waals surface area contributed by atoms with Crippen molar-refractivity contribution in [3.8, 4) is 0 Å². The Morgan fingerprint density at radius 1 is 0.446 bits per heavy atom. The standard InChI is InChI=1S/C74H106N19O37P5S4/c1-10-40-41(21-48(120-40)89-25-37(4)65(95)86-73(89)99)126-132(103,136)116-27-43-42(22-49(121-43)88-23-35(2)60(76)84-71(88)97)127-133(104,137)118-30-46-53(57(112-18-14-108-7)68(123-46)91-26-38(5)66(96)87-74(91)100)128-131(101,102)115-29-45-54(59(114-20-16-110-9)70(125-45)93-34-83-51-62(78)80-32-81-64(51)93)129-135(106,139)119-31-47-55(58(113-19-15-109-8)69(124-47)90-24-36(3)61(77)85-72(90)98)130-134(105,138)117-28-44-52(94)56(111-17-13-107-6)67(122-44)92-33-82-50-39(75)11-12-79-63(50)92/h11-12,23-26,32-34,40-49,52-59,67-70,94H,10,13-22,27-31H2,1-9H3,(H2,75,79)(H,101,102)(H,103,136)(H,104,137)(H,105,138)(H,106,139)(H2,76,84,97)(H2,77,85,98)(H2,78,80,81)(H,86,95,99)(H,87,96,100)/t40-,41-,42-,43-,44-,45-,46-,47-,48-,49-,52+,53+,54+,55+,56?,57?,58?,59?,67-,68-,69-,70-,132?,133?,134?,135?/m1/s1. The number of nitrogens with one attached hydrogen (secondary N) is 2. The third-order valence-electron chi connectivity index (χ3n) is 22.9. The Morgan fingerprint density at radius 3 is 1.40 bits per heavy atom. The number of phosphoric acid groups is 1. The fraction of sp³-hybridized carbons (Fsp3) is 0.635. The van der Waals surface area contributed by atoms with Crippen molar-refractivity contribution >= 4 is 128 Å². The molecule has 8 aromatic heterocycles. The van der Waals surface area contributed by atoms with Crippen LogP contribution >= 0.6 is 47.0 Å². The van der Waals surface area contributed by atoms with E-state index in [0.717, 1.165) is 30.8 Å². The molecule has 15 N–H and O–H groups in total. The number of nitrogen functional groups attached to an aromatic ring is 4. The summed E-state index contributed by atoms with van der Waals surface area (Å²) in [5.41, 5.74) is 21.2. The number of hydrogen-bond donors (Lipinski definition) is 12. The van der Waals surface area contributed by atoms with Crippen molar-refractivity contribution in [2.45, 2.75) is 189 Å². The van der Waals surface area contributed by atoms with Gasteiger partial charge in [0.2, 0.25) is 0 Å². The van der Waals surface area contributed by atoms with Gasteiger partial charge in [0, 0.05) is 94.5 Å². The van der Waals surface area contributed by atoms with Gasteiger partial charge in [-0.15, -0.1) is 0 Å². The molecule has 56 nitrogen and oxygen atoms in total. The molecule has 6 saturated heterocycles. The molecular formula is C74H106N19O37P5S4. The molecule has 768 valence electrons. The van der Waals surface area contributed by atoms with E-state index >= 15 is 9.13 Å². The number of rotatable bonds is 48. The number of ether oxygens (including phenoxy) is 14. The molecule has 6 aliphatic rings. The number of aliphatic hydroxyl groups excluding tert-OH is 1. The number of aromatic nitrogens is 15. The van der Waals surface area contributed by atoms with Gasteiger partial charge in [-0.2, -0.15) is 9.97 Å². The van der Waals surface area contributed by atoms with Crippen LogP contribution in [0.5, 0.6) is 0 Å². The highest BCUT2D eigenvalue weighted by Crippen LogP contribution is 2.60. The molecule has 14 rings (SSSR count). The highest BCUT2D eigenvalue weighted by Gasteiger charge is 2.57. The number of anilines is 4. The molecule has 0 aliphatic carbocycles. The first-order valence-corrected chi connectivity index (χ1v) is 54.7. The van der Waals surface area contributed by atoms with Crippen LogP contribution in [0.15, 0.2) is 84.8 Å². The number of thiol groups is 1. The molecule has 8 aromatic rings. The number of nitrogens with two attached hydrogens (primary N) is 4. The number of aryl methyl sites for hydroxylation is 4. The average Bonchev–Trinajstić information content (AvgIpc) is 1.62. The van der Waals surface area contributed by atoms with Crippen molar-refractivity contribution in [1.29, 1.82) is 0 Å². The lowest BCUT2D eigenvalue weighted by Gasteiger charge is -2.30. The summed E-state index contributed by atoms with van der Waals surface area (Å²) in [4.78, 5) is 163. The average molecular weight is 2140 g/mol. The summed E-state index contributed by atoms with van der Waals surface area (Å²) in [7, 11) is -0.340. The van der Waals surface area contributed by atoms with E-state index < -0.39 is 237 Å². The van der Waals surface area contributed by atoms with Gasteiger partial charge >= 0.3 is 57.5 Å². The minimum Gasteiger partial charge on any atom is -0.397 e. The van der Waals surface area contributed by atoms with Crippen LogP contribution in [0, 0.1) is 27.7 Å². The molecule has 14 heterocycles. The summed E-state index contributed by atoms with van der Waals surface area (Å²) in [6.07, 6.45) is -22.7. The third-order valence-corrected chi connectivity index (χ3v) is 30.2. The van der Waals surface area contributed by atoms with E-state index in [9.17, 15) is 53.4 Å². The van der Waals surface area contributed by atoms with E-state index in [0.29, 0.717) is 16.8 Å². The second-order valence-corrected chi connectivity index (χ2v) is 44.9. The zero-order chi connectivity index (χ0) is 100. The monoisotopic (exact) mass is 2140 g/mol. The normalized spacial score (nSPS) is 29.4. The summed E-state index contributed by atoms with van der Waals surface area (Å²) in [6, 6.07) is 1.55. The topological polar surface area (TPSA) is 715 Å². The number of methoxy groups -OCH3 is 4. The smallest absolute Gasteiger partial charge is 0.397 e. The van der Waals surface area contributed by atoms with Crippen LogP contribution in [0.3, 0.4) is 0 Å². The van der Waals surface area contributed by atoms with Crippen LogP contribution < -0.4 is 56.8 Å². The van der Waals surface area contributed by atoms with Crippen molar-refractivity contribution in [3.05, 3.63) is 141 Å². The molecule has 6 fully saturated rings. The molecule has 0 bridgehead atoms. The van der Waals surface area contributed by atoms with Gasteiger partial charge in [0.25, 0.3) is 11.1 Å². The van der Waals surface area contributed by atoms with Crippen LogP contribution in [0.4, 0.5) is 23.1 Å². The minimum atomic E-state index is -5.84. The van der Waals surface area contributed by atoms with Crippen LogP contribution in [0.1, 0.15) is 85.8 Å². The number of hydrogen-bond acceptors (Lipinski definition) is 47. The zero-order valence-corrected chi connectivity index (χ0v) is 83.4. The van der Waals surface area contributed by atoms with Gasteiger partial charge in [-0.1, -0.05) is 19.2 Å². The lowest BCUT2D eigenvalue weighted by molar-refractivity contribution is -0.0834. The molecule has 0 spiro atoms. The molecule has 65 heteroatoms. The SMILES string of the molecule is CC[C@H]1O[C@@H](n2cc(C)c(=O)[nH]c2=O)C[C@H]1OP(O)(=S)OC[C@H]1O[C@@H](n2cc(C)c(N)nc2=O)C[C@H]1OP(=O)(S)OC[C@H]1O[C@@H](n2cc(C)c(=O)[nH]c2=O)C(OCCOC)[C@H]1OP(=O)(O)OC[C@H]1O[C@@H](n2cnc3c(N)ncnc32)C(OCCOC)[C@H]1OP(O)(=S)OC[C@H]1O[C@@H](n2cc(C)c(N)nc2=O)C(OCCOC)[C@H]1OP(O)(=S)OC[C@H]1O[C@@H](n2cnc3c(N)ccnc32)C(OCCOC)[C@H]1O. The number of pyridine rings is 1. The molecular weight excluding hydrogens is 2030 g/mol. The van der Waals surface area contributed by atoms with Crippen molar-refractivity contribution < 1.29 is 145 Å². The van der Waals surface area contributed by atoms with E-state index in [1.54, 1.807) is 26.8 Å². The van der Waals surface area contributed by atoms with Gasteiger partial charge in [0.05, 0.1) is 116 Å². The number of aromatic amines is 2. The van der Waals surface area contributed by atoms with Crippen molar-refractivity contribution in [2.24, 2.45) is 0 Å². The van der Waals surface area contributed by atoms with E-state index in [2.05, 4.69) is 57.1 Å². The Balaban J connectivity index is 0.738. The predicted octanol–water partition coefficient (Wildman–Crippen LogP) is 0.307. The molecule has 139 heavy (non-hydrogen) atoms. The molecule has 0 radical (unpaired) electrons. The molecule has 6 aliphatic heterocycles. The first kappa shape index (κ1) is 108. The van der Waals surface area contributed by atoms with Crippen molar-refractivity contribution in [3.63, 3.8) is 0 Å². The number of aliphatic hydroxyl groups is 1. The lowest BCUT2D eigenvalue weighted by atomic mass is 10.1. The number of imidazole rings is 2. The summed E-state index contributed by atoms with van der Waals surface area (Å²) < 4.78 is 183. The molecule has 0 aromatic carbocycles. The maximum absolute atomic E-state index is 15.4. The fourth-order valence-corrected chi connectivity index (χ4v) is 22.9. The van der Waals surface area contributed by atoms with E-state index in [-0.39, 0.29) is 123 Å². The Morgan fingerprint density at radius 2 is 0.856 bits per heavy atom. The Hall–Kier alpha value is -6.91. The maximum atomic E-state index is 15.4. The maximum Gasteiger partial charge on any atom is 0.472 e. The zero-order valence-electron chi connectivity index (χ0n) is 75.5. The third kappa shape index (κ3) is 25.6. The minimum absolute atomic E-state index is 0.0208. The molecule has 0 amide bonds. The molecule has 27 atom stereocenters. The van der Waals surface area contributed by atoms with Crippen LogP contribution in [0.2, 0.25) is 0 Å². The molecule has 0 saturated carbocycles. The van der Waals surface area contributed by atoms with Gasteiger partial charge in [-0.3, -0.25) is 74.1 Å².